The van der Waals surface area contributed by atoms with Gasteiger partial charge < -0.3 is 14.9 Å². The molecule has 1 fully saturated rings. The first-order valence-corrected chi connectivity index (χ1v) is 6.87. The number of aliphatic hydroxyl groups is 1. The molecule has 1 atom stereocenters. The summed E-state index contributed by atoms with van der Waals surface area (Å²) in [7, 11) is 0. The minimum Gasteiger partial charge on any atom is -0.479 e. The number of aliphatic carboxylic acids is 1. The highest BCUT2D eigenvalue weighted by molar-refractivity contribution is 5.82. The molecule has 8 heteroatoms. The maximum atomic E-state index is 11.6. The Morgan fingerprint density at radius 3 is 2.27 bits per heavy atom. The van der Waals surface area contributed by atoms with Crippen LogP contribution in [0.5, 0.6) is 0 Å². The van der Waals surface area contributed by atoms with Crippen LogP contribution in [0.25, 0.3) is 0 Å². The average molecular weight is 309 g/mol. The van der Waals surface area contributed by atoms with Crippen molar-refractivity contribution in [3.63, 3.8) is 0 Å². The Labute approximate surface area is 127 Å². The maximum Gasteiger partial charge on any atom is 0.414 e. The fraction of sp³-hybridized carbons (Fsp3) is 0.571. The lowest BCUT2D eigenvalue weighted by Gasteiger charge is -2.20. The van der Waals surface area contributed by atoms with Gasteiger partial charge in [-0.3, -0.25) is 5.32 Å². The number of anilines is 1. The number of hydrogen-bond donors (Lipinski definition) is 3. The summed E-state index contributed by atoms with van der Waals surface area (Å²) >= 11 is 0. The molecule has 22 heavy (non-hydrogen) atoms. The van der Waals surface area contributed by atoms with Crippen molar-refractivity contribution in [1.82, 2.24) is 9.97 Å². The third-order valence-electron chi connectivity index (χ3n) is 3.39. The van der Waals surface area contributed by atoms with Crippen LogP contribution in [0, 0.1) is 0 Å². The molecule has 0 bridgehead atoms. The Balaban J connectivity index is 2.05. The predicted octanol–water partition coefficient (Wildman–Crippen LogP) is 1.30. The third-order valence-corrected chi connectivity index (χ3v) is 3.39. The fourth-order valence-corrected chi connectivity index (χ4v) is 2.14. The molecule has 1 unspecified atom stereocenters. The Morgan fingerprint density at radius 2 is 1.86 bits per heavy atom. The highest BCUT2D eigenvalue weighted by Gasteiger charge is 2.54. The number of aliphatic hydroxyl groups excluding tert-OH is 1. The van der Waals surface area contributed by atoms with Gasteiger partial charge in [0.1, 0.15) is 5.60 Å². The molecule has 1 aliphatic carbocycles. The van der Waals surface area contributed by atoms with Crippen LogP contribution < -0.4 is 5.32 Å². The summed E-state index contributed by atoms with van der Waals surface area (Å²) in [6.07, 6.45) is 1.79. The molecule has 1 aromatic heterocycles. The second-order valence-corrected chi connectivity index (χ2v) is 6.32. The molecule has 1 aromatic rings. The van der Waals surface area contributed by atoms with Gasteiger partial charge in [0.2, 0.25) is 5.95 Å². The third kappa shape index (κ3) is 3.51. The first-order valence-electron chi connectivity index (χ1n) is 6.87. The highest BCUT2D eigenvalue weighted by Crippen LogP contribution is 2.50. The predicted molar refractivity (Wildman–Crippen MR) is 76.4 cm³/mol. The summed E-state index contributed by atoms with van der Waals surface area (Å²) in [5.41, 5.74) is -0.915. The van der Waals surface area contributed by atoms with E-state index >= 15 is 0 Å². The Bertz CT molecular complexity index is 575. The van der Waals surface area contributed by atoms with Crippen molar-refractivity contribution < 1.29 is 24.5 Å². The van der Waals surface area contributed by atoms with Crippen LogP contribution in [-0.2, 0) is 14.9 Å². The van der Waals surface area contributed by atoms with Crippen molar-refractivity contribution in [3.05, 3.63) is 18.0 Å². The number of hydrogen-bond acceptors (Lipinski definition) is 6. The SMILES string of the molecule is CC(C)(C)OC(=O)Nc1ncc(C2(C(O)C(=O)O)CC2)cn1. The maximum absolute atomic E-state index is 11.6. The molecule has 0 spiro atoms. The Hall–Kier alpha value is -2.22. The van der Waals surface area contributed by atoms with Gasteiger partial charge in [0.15, 0.2) is 6.10 Å². The molecule has 1 saturated carbocycles. The quantitative estimate of drug-likeness (QED) is 0.766. The molecule has 2 rings (SSSR count). The van der Waals surface area contributed by atoms with E-state index < -0.39 is 29.2 Å². The number of aromatic nitrogens is 2. The topological polar surface area (TPSA) is 122 Å². The van der Waals surface area contributed by atoms with Gasteiger partial charge in [-0.15, -0.1) is 0 Å². The van der Waals surface area contributed by atoms with Gasteiger partial charge in [-0.05, 0) is 39.2 Å². The number of ether oxygens (including phenoxy) is 1. The van der Waals surface area contributed by atoms with Gasteiger partial charge >= 0.3 is 12.1 Å². The molecule has 8 nitrogen and oxygen atoms in total. The zero-order valence-corrected chi connectivity index (χ0v) is 12.7. The largest absolute Gasteiger partial charge is 0.479 e. The first kappa shape index (κ1) is 16.2. The van der Waals surface area contributed by atoms with E-state index in [1.807, 2.05) is 0 Å². The zero-order valence-electron chi connectivity index (χ0n) is 12.7. The first-order chi connectivity index (χ1) is 10.1. The van der Waals surface area contributed by atoms with Gasteiger partial charge in [-0.2, -0.15) is 0 Å². The highest BCUT2D eigenvalue weighted by atomic mass is 16.6. The van der Waals surface area contributed by atoms with Crippen molar-refractivity contribution >= 4 is 18.0 Å². The Kier molecular flexibility index (Phi) is 4.06. The molecule has 0 aliphatic heterocycles. The van der Waals surface area contributed by atoms with Crippen LogP contribution in [0.3, 0.4) is 0 Å². The van der Waals surface area contributed by atoms with E-state index in [4.69, 9.17) is 9.84 Å². The monoisotopic (exact) mass is 309 g/mol. The lowest BCUT2D eigenvalue weighted by Crippen LogP contribution is -2.34. The van der Waals surface area contributed by atoms with Crippen LogP contribution >= 0.6 is 0 Å². The van der Waals surface area contributed by atoms with Crippen molar-refractivity contribution in [1.29, 1.82) is 0 Å². The van der Waals surface area contributed by atoms with Gasteiger partial charge in [0, 0.05) is 17.8 Å². The number of carboxylic acids is 1. The molecule has 1 amide bonds. The normalized spacial score (nSPS) is 17.5. The van der Waals surface area contributed by atoms with E-state index in [2.05, 4.69) is 15.3 Å². The lowest BCUT2D eigenvalue weighted by atomic mass is 9.92. The zero-order chi connectivity index (χ0) is 16.5. The fourth-order valence-electron chi connectivity index (χ4n) is 2.14. The van der Waals surface area contributed by atoms with E-state index in [-0.39, 0.29) is 5.95 Å². The second kappa shape index (κ2) is 5.53. The minimum atomic E-state index is -1.49. The van der Waals surface area contributed by atoms with Crippen molar-refractivity contribution in [2.24, 2.45) is 0 Å². The van der Waals surface area contributed by atoms with Crippen molar-refractivity contribution in [2.75, 3.05) is 5.32 Å². The van der Waals surface area contributed by atoms with Crippen LogP contribution in [0.2, 0.25) is 0 Å². The molecule has 1 heterocycles. The van der Waals surface area contributed by atoms with E-state index in [0.717, 1.165) is 0 Å². The summed E-state index contributed by atoms with van der Waals surface area (Å²) in [5, 5.41) is 21.1. The molecule has 3 N–H and O–H groups in total. The summed E-state index contributed by atoms with van der Waals surface area (Å²) in [6.45, 7) is 5.21. The van der Waals surface area contributed by atoms with E-state index in [1.54, 1.807) is 20.8 Å². The average Bonchev–Trinajstić information content (AvgIpc) is 3.17. The molecule has 0 saturated heterocycles. The standard InChI is InChI=1S/C14H19N3O5/c1-13(2,3)22-12(21)17-11-15-6-8(7-16-11)14(4-5-14)9(18)10(19)20/h6-7,9,18H,4-5H2,1-3H3,(H,19,20)(H,15,16,17,21). The van der Waals surface area contributed by atoms with Gasteiger partial charge in [0.05, 0.1) is 0 Å². The number of carbonyl (C=O) groups is 2. The van der Waals surface area contributed by atoms with E-state index in [1.165, 1.54) is 12.4 Å². The van der Waals surface area contributed by atoms with Gasteiger partial charge in [-0.25, -0.2) is 19.6 Å². The number of carboxylic acid groups (broad SMARTS) is 1. The van der Waals surface area contributed by atoms with Gasteiger partial charge in [0.25, 0.3) is 0 Å². The summed E-state index contributed by atoms with van der Waals surface area (Å²) in [4.78, 5) is 30.5. The van der Waals surface area contributed by atoms with Crippen LogP contribution in [0.4, 0.5) is 10.7 Å². The lowest BCUT2D eigenvalue weighted by molar-refractivity contribution is -0.148. The number of rotatable bonds is 4. The number of nitrogens with one attached hydrogen (secondary N) is 1. The van der Waals surface area contributed by atoms with Crippen LogP contribution in [0.15, 0.2) is 12.4 Å². The van der Waals surface area contributed by atoms with Crippen LogP contribution in [-0.4, -0.2) is 43.9 Å². The van der Waals surface area contributed by atoms with Crippen molar-refractivity contribution in [2.45, 2.75) is 50.7 Å². The summed E-state index contributed by atoms with van der Waals surface area (Å²) in [6, 6.07) is 0. The molecule has 1 aliphatic rings. The summed E-state index contributed by atoms with van der Waals surface area (Å²) < 4.78 is 5.07. The number of amides is 1. The smallest absolute Gasteiger partial charge is 0.414 e. The molecule has 0 aromatic carbocycles. The number of carbonyl (C=O) groups excluding carboxylic acids is 1. The Morgan fingerprint density at radius 1 is 1.32 bits per heavy atom. The molecule has 0 radical (unpaired) electrons. The van der Waals surface area contributed by atoms with E-state index in [0.29, 0.717) is 18.4 Å². The molecular weight excluding hydrogens is 290 g/mol. The van der Waals surface area contributed by atoms with E-state index in [9.17, 15) is 14.7 Å². The van der Waals surface area contributed by atoms with Gasteiger partial charge in [-0.1, -0.05) is 0 Å². The van der Waals surface area contributed by atoms with Crippen molar-refractivity contribution in [3.8, 4) is 0 Å². The molecular formula is C14H19N3O5. The second-order valence-electron chi connectivity index (χ2n) is 6.32. The minimum absolute atomic E-state index is 0.0543. The van der Waals surface area contributed by atoms with Crippen LogP contribution in [0.1, 0.15) is 39.2 Å². The number of nitrogens with zero attached hydrogens (tertiary/aromatic N) is 2. The summed E-state index contributed by atoms with van der Waals surface area (Å²) in [5.74, 6) is -1.22. The molecule has 120 valence electrons.